The van der Waals surface area contributed by atoms with Crippen molar-refractivity contribution in [3.63, 3.8) is 0 Å². The van der Waals surface area contributed by atoms with Crippen molar-refractivity contribution in [2.24, 2.45) is 0 Å². The topological polar surface area (TPSA) is 87.1 Å². The average molecular weight is 422 g/mol. The van der Waals surface area contributed by atoms with Crippen molar-refractivity contribution in [3.05, 3.63) is 47.7 Å². The lowest BCUT2D eigenvalue weighted by molar-refractivity contribution is -0.123. The maximum atomic E-state index is 12.9. The van der Waals surface area contributed by atoms with Gasteiger partial charge >= 0.3 is 5.97 Å². The number of amides is 1. The second-order valence-corrected chi connectivity index (χ2v) is 9.60. The molecule has 4 rings (SSSR count). The van der Waals surface area contributed by atoms with E-state index in [0.717, 1.165) is 35.1 Å². The Hall–Kier alpha value is -3.02. The van der Waals surface area contributed by atoms with Crippen molar-refractivity contribution < 1.29 is 14.7 Å². The summed E-state index contributed by atoms with van der Waals surface area (Å²) < 4.78 is 2.00. The highest BCUT2D eigenvalue weighted by Gasteiger charge is 2.28. The Bertz CT molecular complexity index is 1100. The Morgan fingerprint density at radius 1 is 1.16 bits per heavy atom. The highest BCUT2D eigenvalue weighted by atomic mass is 16.4. The Kier molecular flexibility index (Phi) is 5.65. The van der Waals surface area contributed by atoms with Gasteiger partial charge in [0.15, 0.2) is 0 Å². The summed E-state index contributed by atoms with van der Waals surface area (Å²) in [6.45, 7) is 6.01. The average Bonchev–Trinajstić information content (AvgIpc) is 3.33. The van der Waals surface area contributed by atoms with E-state index in [1.165, 1.54) is 24.8 Å². The van der Waals surface area contributed by atoms with Crippen LogP contribution in [0.1, 0.15) is 74.7 Å². The minimum atomic E-state index is -0.963. The van der Waals surface area contributed by atoms with Gasteiger partial charge in [0, 0.05) is 17.1 Å². The molecule has 1 amide bonds. The molecule has 1 saturated carbocycles. The Morgan fingerprint density at radius 2 is 1.90 bits per heavy atom. The standard InChI is InChI=1S/C25H31N3O3/c1-25(2,3)27-21(29)15-28-20-14-17(24(30)31)11-12-18(20)22(16-8-5-4-6-9-16)23(28)19-10-7-13-26-19/h7,10-14,16,26H,4-6,8-9,15H2,1-3H3,(H,27,29)(H,30,31). The molecule has 0 unspecified atom stereocenters. The number of nitrogens with one attached hydrogen (secondary N) is 2. The maximum absolute atomic E-state index is 12.9. The van der Waals surface area contributed by atoms with Crippen molar-refractivity contribution in [2.45, 2.75) is 70.9 Å². The number of carboxylic acids is 1. The fraction of sp³-hybridized carbons (Fsp3) is 0.440. The molecule has 2 aromatic heterocycles. The number of fused-ring (bicyclic) bond motifs is 1. The first-order chi connectivity index (χ1) is 14.7. The number of H-pyrrole nitrogens is 1. The van der Waals surface area contributed by atoms with Gasteiger partial charge in [0.1, 0.15) is 6.54 Å². The van der Waals surface area contributed by atoms with Crippen molar-refractivity contribution in [3.8, 4) is 11.4 Å². The number of carbonyl (C=O) groups excluding carboxylic acids is 1. The minimum Gasteiger partial charge on any atom is -0.478 e. The Labute approximate surface area is 182 Å². The number of aromatic carboxylic acids is 1. The Balaban J connectivity index is 1.95. The molecule has 6 nitrogen and oxygen atoms in total. The summed E-state index contributed by atoms with van der Waals surface area (Å²) in [5.74, 6) is -0.653. The molecule has 0 atom stereocenters. The second kappa shape index (κ2) is 8.25. The van der Waals surface area contributed by atoms with E-state index in [2.05, 4.69) is 10.3 Å². The first-order valence-corrected chi connectivity index (χ1v) is 11.1. The van der Waals surface area contributed by atoms with Gasteiger partial charge in [0.2, 0.25) is 5.91 Å². The van der Waals surface area contributed by atoms with E-state index in [1.54, 1.807) is 12.1 Å². The van der Waals surface area contributed by atoms with Crippen molar-refractivity contribution >= 4 is 22.8 Å². The first kappa shape index (κ1) is 21.2. The molecule has 0 aliphatic heterocycles. The van der Waals surface area contributed by atoms with Crippen LogP contribution in [0.2, 0.25) is 0 Å². The third-order valence-electron chi connectivity index (χ3n) is 6.03. The molecule has 2 heterocycles. The monoisotopic (exact) mass is 421 g/mol. The lowest BCUT2D eigenvalue weighted by atomic mass is 9.82. The lowest BCUT2D eigenvalue weighted by Gasteiger charge is -2.24. The molecule has 31 heavy (non-hydrogen) atoms. The number of carbonyl (C=O) groups is 2. The van der Waals surface area contributed by atoms with Crippen molar-refractivity contribution in [2.75, 3.05) is 0 Å². The number of nitrogens with zero attached hydrogens (tertiary/aromatic N) is 1. The number of rotatable bonds is 5. The first-order valence-electron chi connectivity index (χ1n) is 11.1. The Morgan fingerprint density at radius 3 is 2.52 bits per heavy atom. The molecule has 1 fully saturated rings. The van der Waals surface area contributed by atoms with Crippen LogP contribution < -0.4 is 5.32 Å². The molecule has 3 aromatic rings. The van der Waals surface area contributed by atoms with Gasteiger partial charge in [-0.1, -0.05) is 25.3 Å². The number of benzene rings is 1. The zero-order valence-corrected chi connectivity index (χ0v) is 18.5. The van der Waals surface area contributed by atoms with Gasteiger partial charge in [0.05, 0.1) is 22.5 Å². The molecule has 0 spiro atoms. The molecule has 3 N–H and O–H groups in total. The number of carboxylic acid groups (broad SMARTS) is 1. The van der Waals surface area contributed by atoms with E-state index in [0.29, 0.717) is 5.92 Å². The number of aromatic nitrogens is 2. The molecule has 0 bridgehead atoms. The molecule has 1 aliphatic carbocycles. The SMILES string of the molecule is CC(C)(C)NC(=O)Cn1c(-c2ccc[nH]2)c(C2CCCCC2)c2ccc(C(=O)O)cc21. The summed E-state index contributed by atoms with van der Waals surface area (Å²) in [5.41, 5.74) is 3.88. The second-order valence-electron chi connectivity index (χ2n) is 9.60. The largest absolute Gasteiger partial charge is 0.478 e. The predicted molar refractivity (Wildman–Crippen MR) is 122 cm³/mol. The predicted octanol–water partition coefficient (Wildman–Crippen LogP) is 5.30. The zero-order chi connectivity index (χ0) is 22.2. The molecule has 1 aromatic carbocycles. The van der Waals surface area contributed by atoms with E-state index < -0.39 is 5.97 Å². The molecular formula is C25H31N3O3. The van der Waals surface area contributed by atoms with E-state index in [1.807, 2.05) is 49.7 Å². The van der Waals surface area contributed by atoms with Crippen LogP contribution >= 0.6 is 0 Å². The van der Waals surface area contributed by atoms with Crippen molar-refractivity contribution in [1.82, 2.24) is 14.9 Å². The van der Waals surface area contributed by atoms with Gasteiger partial charge in [-0.2, -0.15) is 0 Å². The summed E-state index contributed by atoms with van der Waals surface area (Å²) in [7, 11) is 0. The molecule has 1 aliphatic rings. The third kappa shape index (κ3) is 4.38. The summed E-state index contributed by atoms with van der Waals surface area (Å²) in [6.07, 6.45) is 7.76. The fourth-order valence-corrected chi connectivity index (χ4v) is 4.85. The van der Waals surface area contributed by atoms with Gasteiger partial charge in [-0.15, -0.1) is 0 Å². The summed E-state index contributed by atoms with van der Waals surface area (Å²) in [6, 6.07) is 9.29. The molecule has 0 saturated heterocycles. The van der Waals surface area contributed by atoms with Crippen LogP contribution in [0, 0.1) is 0 Å². The van der Waals surface area contributed by atoms with E-state index in [9.17, 15) is 14.7 Å². The van der Waals surface area contributed by atoms with Crippen LogP contribution in [0.15, 0.2) is 36.5 Å². The van der Waals surface area contributed by atoms with Crippen LogP contribution in [0.4, 0.5) is 0 Å². The minimum absolute atomic E-state index is 0.0897. The van der Waals surface area contributed by atoms with Gasteiger partial charge in [-0.25, -0.2) is 4.79 Å². The smallest absolute Gasteiger partial charge is 0.335 e. The number of hydrogen-bond acceptors (Lipinski definition) is 2. The fourth-order valence-electron chi connectivity index (χ4n) is 4.85. The van der Waals surface area contributed by atoms with E-state index >= 15 is 0 Å². The maximum Gasteiger partial charge on any atom is 0.335 e. The van der Waals surface area contributed by atoms with Crippen LogP contribution in [-0.4, -0.2) is 32.1 Å². The summed E-state index contributed by atoms with van der Waals surface area (Å²) in [5, 5.41) is 13.7. The highest BCUT2D eigenvalue weighted by Crippen LogP contribution is 2.43. The summed E-state index contributed by atoms with van der Waals surface area (Å²) in [4.78, 5) is 28.0. The summed E-state index contributed by atoms with van der Waals surface area (Å²) >= 11 is 0. The van der Waals surface area contributed by atoms with E-state index in [4.69, 9.17) is 0 Å². The zero-order valence-electron chi connectivity index (χ0n) is 18.5. The van der Waals surface area contributed by atoms with Gasteiger partial charge in [-0.05, 0) is 69.4 Å². The van der Waals surface area contributed by atoms with Gasteiger partial charge < -0.3 is 20.0 Å². The lowest BCUT2D eigenvalue weighted by Crippen LogP contribution is -2.42. The molecule has 0 radical (unpaired) electrons. The van der Waals surface area contributed by atoms with Crippen LogP contribution in [-0.2, 0) is 11.3 Å². The normalized spacial score (nSPS) is 15.3. The van der Waals surface area contributed by atoms with Crippen LogP contribution in [0.5, 0.6) is 0 Å². The highest BCUT2D eigenvalue weighted by molar-refractivity contribution is 5.98. The van der Waals surface area contributed by atoms with E-state index in [-0.39, 0.29) is 23.6 Å². The van der Waals surface area contributed by atoms with Crippen LogP contribution in [0.25, 0.3) is 22.3 Å². The van der Waals surface area contributed by atoms with Crippen LogP contribution in [0.3, 0.4) is 0 Å². The van der Waals surface area contributed by atoms with Crippen molar-refractivity contribution in [1.29, 1.82) is 0 Å². The molecular weight excluding hydrogens is 390 g/mol. The molecule has 6 heteroatoms. The third-order valence-corrected chi connectivity index (χ3v) is 6.03. The quantitative estimate of drug-likeness (QED) is 0.523. The molecule has 164 valence electrons. The van der Waals surface area contributed by atoms with Gasteiger partial charge in [0.25, 0.3) is 0 Å². The van der Waals surface area contributed by atoms with Gasteiger partial charge in [-0.3, -0.25) is 4.79 Å². The number of aromatic amines is 1. The number of hydrogen-bond donors (Lipinski definition) is 3.